The van der Waals surface area contributed by atoms with Crippen molar-refractivity contribution < 1.29 is 33.9 Å². The zero-order chi connectivity index (χ0) is 43.5. The molecule has 0 aromatic heterocycles. The number of nitro groups is 1. The fourth-order valence-corrected chi connectivity index (χ4v) is 8.28. The van der Waals surface area contributed by atoms with Gasteiger partial charge in [0, 0.05) is 24.5 Å². The van der Waals surface area contributed by atoms with Crippen molar-refractivity contribution in [3.8, 4) is 16.9 Å². The number of nitrogens with zero attached hydrogens (tertiary/aromatic N) is 1. The zero-order valence-corrected chi connectivity index (χ0v) is 34.2. The van der Waals surface area contributed by atoms with Gasteiger partial charge in [0.1, 0.15) is 24.4 Å². The molecule has 1 aliphatic carbocycles. The predicted molar refractivity (Wildman–Crippen MR) is 236 cm³/mol. The molecule has 0 heterocycles. The molecule has 4 N–H and O–H groups in total. The summed E-state index contributed by atoms with van der Waals surface area (Å²) in [5, 5.41) is 30.7. The topological polar surface area (TPSA) is 169 Å². The molecule has 12 heteroatoms. The van der Waals surface area contributed by atoms with E-state index in [0.717, 1.165) is 44.7 Å². The first-order chi connectivity index (χ1) is 30.2. The first kappa shape index (κ1) is 42.8. The first-order valence-electron chi connectivity index (χ1n) is 20.6. The van der Waals surface area contributed by atoms with Crippen LogP contribution in [0.3, 0.4) is 0 Å². The Morgan fingerprint density at radius 1 is 0.694 bits per heavy atom. The molecule has 6 aromatic carbocycles. The standard InChI is InChI=1S/C50H48N4O8/c1-61-39-29-25-37(26-30-39)50(35-14-4-2-5-15-35,36-16-6-3-7-17-36)51-31-13-12-22-45(48(56)57)52-47(55)46(32-34-23-27-38(28-24-34)54(59)60)53-49(58)62-33-44-42-20-10-8-18-40(42)41-19-9-11-21-43(41)44/h2-11,14-21,23-30,44-46,51H,12-13,22,31-33H2,1H3,(H,52,55)(H,53,58)(H,56,57)/t45-,46-/m0/s1. The summed E-state index contributed by atoms with van der Waals surface area (Å²) in [4.78, 5) is 50.7. The van der Waals surface area contributed by atoms with Crippen molar-refractivity contribution in [2.45, 2.75) is 49.2 Å². The van der Waals surface area contributed by atoms with Gasteiger partial charge in [-0.05, 0) is 82.4 Å². The largest absolute Gasteiger partial charge is 0.497 e. The molecule has 12 nitrogen and oxygen atoms in total. The van der Waals surface area contributed by atoms with Crippen LogP contribution in [0, 0.1) is 10.1 Å². The molecule has 0 aliphatic heterocycles. The van der Waals surface area contributed by atoms with Crippen LogP contribution >= 0.6 is 0 Å². The highest BCUT2D eigenvalue weighted by Gasteiger charge is 2.36. The van der Waals surface area contributed by atoms with Gasteiger partial charge >= 0.3 is 12.1 Å². The van der Waals surface area contributed by atoms with E-state index in [4.69, 9.17) is 9.47 Å². The van der Waals surface area contributed by atoms with E-state index in [9.17, 15) is 29.6 Å². The third kappa shape index (κ3) is 9.66. The number of unbranched alkanes of at least 4 members (excludes halogenated alkanes) is 1. The summed E-state index contributed by atoms with van der Waals surface area (Å²) in [5.74, 6) is -1.44. The van der Waals surface area contributed by atoms with Crippen LogP contribution in [-0.4, -0.2) is 60.3 Å². The summed E-state index contributed by atoms with van der Waals surface area (Å²) in [6.07, 6.45) is 0.200. The molecule has 1 aliphatic rings. The van der Waals surface area contributed by atoms with Gasteiger partial charge in [-0.15, -0.1) is 0 Å². The van der Waals surface area contributed by atoms with Crippen LogP contribution in [0.2, 0.25) is 0 Å². The summed E-state index contributed by atoms with van der Waals surface area (Å²) < 4.78 is 11.2. The molecule has 316 valence electrons. The minimum Gasteiger partial charge on any atom is -0.497 e. The number of hydrogen-bond donors (Lipinski definition) is 4. The number of nitro benzene ring substituents is 1. The monoisotopic (exact) mass is 832 g/mol. The number of carboxylic acids is 1. The first-order valence-corrected chi connectivity index (χ1v) is 20.6. The van der Waals surface area contributed by atoms with Crippen molar-refractivity contribution in [2.24, 2.45) is 0 Å². The maximum atomic E-state index is 13.9. The number of non-ortho nitro benzene ring substituents is 1. The average molecular weight is 833 g/mol. The van der Waals surface area contributed by atoms with Gasteiger partial charge in [0.15, 0.2) is 0 Å². The molecule has 62 heavy (non-hydrogen) atoms. The highest BCUT2D eigenvalue weighted by Crippen LogP contribution is 2.44. The van der Waals surface area contributed by atoms with E-state index < -0.39 is 40.5 Å². The van der Waals surface area contributed by atoms with E-state index in [-0.39, 0.29) is 31.1 Å². The van der Waals surface area contributed by atoms with Crippen molar-refractivity contribution in [2.75, 3.05) is 20.3 Å². The fourth-order valence-electron chi connectivity index (χ4n) is 8.28. The van der Waals surface area contributed by atoms with Gasteiger partial charge in [-0.25, -0.2) is 9.59 Å². The van der Waals surface area contributed by atoms with E-state index in [2.05, 4.69) is 40.2 Å². The normalized spacial score (nSPS) is 12.9. The van der Waals surface area contributed by atoms with E-state index in [1.54, 1.807) is 7.11 Å². The SMILES string of the molecule is COc1ccc(C(NCCCC[C@H](NC(=O)[C@H](Cc2ccc([N+](=O)[O-])cc2)NC(=O)OCC2c3ccccc3-c3ccccc32)C(=O)O)(c2ccccc2)c2ccccc2)cc1. The second-order valence-corrected chi connectivity index (χ2v) is 15.2. The molecule has 6 aromatic rings. The highest BCUT2D eigenvalue weighted by atomic mass is 16.6. The molecular formula is C50H48N4O8. The molecule has 0 unspecified atom stereocenters. The Kier molecular flexibility index (Phi) is 13.7. The van der Waals surface area contributed by atoms with Crippen LogP contribution < -0.4 is 20.7 Å². The van der Waals surface area contributed by atoms with Gasteiger partial charge < -0.3 is 25.2 Å². The lowest BCUT2D eigenvalue weighted by Crippen LogP contribution is -2.52. The minimum absolute atomic E-state index is 0.00577. The van der Waals surface area contributed by atoms with Gasteiger partial charge in [-0.2, -0.15) is 0 Å². The van der Waals surface area contributed by atoms with Crippen LogP contribution in [0.25, 0.3) is 11.1 Å². The molecule has 2 amide bonds. The highest BCUT2D eigenvalue weighted by molar-refractivity contribution is 5.89. The predicted octanol–water partition coefficient (Wildman–Crippen LogP) is 8.37. The fraction of sp³-hybridized carbons (Fsp3) is 0.220. The summed E-state index contributed by atoms with van der Waals surface area (Å²) in [6.45, 7) is 0.508. The van der Waals surface area contributed by atoms with E-state index in [1.165, 1.54) is 24.3 Å². The number of carbonyl (C=O) groups excluding carboxylic acids is 2. The molecule has 0 radical (unpaired) electrons. The van der Waals surface area contributed by atoms with Gasteiger partial charge in [0.05, 0.1) is 17.6 Å². The number of amides is 2. The lowest BCUT2D eigenvalue weighted by atomic mass is 9.77. The van der Waals surface area contributed by atoms with E-state index >= 15 is 0 Å². The van der Waals surface area contributed by atoms with Crippen LogP contribution in [0.4, 0.5) is 10.5 Å². The second-order valence-electron chi connectivity index (χ2n) is 15.2. The summed E-state index contributed by atoms with van der Waals surface area (Å²) >= 11 is 0. The number of carbonyl (C=O) groups is 3. The maximum absolute atomic E-state index is 13.9. The Morgan fingerprint density at radius 3 is 1.79 bits per heavy atom. The van der Waals surface area contributed by atoms with Crippen LogP contribution in [0.15, 0.2) is 158 Å². The Balaban J connectivity index is 1.03. The minimum atomic E-state index is -1.26. The molecule has 0 saturated heterocycles. The van der Waals surface area contributed by atoms with Crippen molar-refractivity contribution in [3.05, 3.63) is 201 Å². The van der Waals surface area contributed by atoms with Gasteiger partial charge in [-0.1, -0.05) is 133 Å². The molecule has 0 fully saturated rings. The number of hydrogen-bond acceptors (Lipinski definition) is 8. The molecule has 0 saturated carbocycles. The average Bonchev–Trinajstić information content (AvgIpc) is 3.63. The van der Waals surface area contributed by atoms with Crippen LogP contribution in [0.5, 0.6) is 5.75 Å². The quantitative estimate of drug-likeness (QED) is 0.0271. The van der Waals surface area contributed by atoms with E-state index in [0.29, 0.717) is 24.9 Å². The number of aliphatic carboxylic acids is 1. The number of benzene rings is 6. The van der Waals surface area contributed by atoms with Crippen molar-refractivity contribution >= 4 is 23.7 Å². The number of fused-ring (bicyclic) bond motifs is 3. The maximum Gasteiger partial charge on any atom is 0.407 e. The lowest BCUT2D eigenvalue weighted by molar-refractivity contribution is -0.384. The molecule has 0 bridgehead atoms. The Hall–Kier alpha value is -7.31. The summed E-state index contributed by atoms with van der Waals surface area (Å²) in [7, 11) is 1.63. The van der Waals surface area contributed by atoms with Gasteiger partial charge in [0.2, 0.25) is 5.91 Å². The number of methoxy groups -OCH3 is 1. The van der Waals surface area contributed by atoms with Crippen molar-refractivity contribution in [3.63, 3.8) is 0 Å². The number of ether oxygens (including phenoxy) is 2. The second kappa shape index (κ2) is 19.8. The van der Waals surface area contributed by atoms with Gasteiger partial charge in [0.25, 0.3) is 5.69 Å². The van der Waals surface area contributed by atoms with Crippen molar-refractivity contribution in [1.82, 2.24) is 16.0 Å². The number of nitrogens with one attached hydrogen (secondary N) is 3. The third-order valence-electron chi connectivity index (χ3n) is 11.4. The molecular weight excluding hydrogens is 785 g/mol. The van der Waals surface area contributed by atoms with Gasteiger partial charge in [-0.3, -0.25) is 20.2 Å². The Labute approximate surface area is 360 Å². The number of carboxylic acid groups (broad SMARTS) is 1. The van der Waals surface area contributed by atoms with Crippen LogP contribution in [0.1, 0.15) is 58.6 Å². The summed E-state index contributed by atoms with van der Waals surface area (Å²) in [6, 6.07) is 47.1. The van der Waals surface area contributed by atoms with Crippen LogP contribution in [-0.2, 0) is 26.3 Å². The smallest absolute Gasteiger partial charge is 0.407 e. The van der Waals surface area contributed by atoms with E-state index in [1.807, 2.05) is 109 Å². The Bertz CT molecular complexity index is 2390. The number of rotatable bonds is 19. The third-order valence-corrected chi connectivity index (χ3v) is 11.4. The van der Waals surface area contributed by atoms with Crippen molar-refractivity contribution in [1.29, 1.82) is 0 Å². The number of alkyl carbamates (subject to hydrolysis) is 1. The zero-order valence-electron chi connectivity index (χ0n) is 34.2. The summed E-state index contributed by atoms with van der Waals surface area (Å²) in [5.41, 5.74) is 6.85. The molecule has 0 spiro atoms. The molecule has 7 rings (SSSR count). The Morgan fingerprint density at radius 2 is 1.24 bits per heavy atom. The molecule has 2 atom stereocenters. The lowest BCUT2D eigenvalue weighted by Gasteiger charge is -2.37.